The minimum atomic E-state index is -4.54. The molecule has 0 aliphatic rings. The number of hydrogen-bond donors (Lipinski definition) is 1. The summed E-state index contributed by atoms with van der Waals surface area (Å²) < 4.78 is 49.8. The molecule has 0 spiro atoms. The maximum Gasteiger partial charge on any atom is 0.416 e. The van der Waals surface area contributed by atoms with E-state index in [0.29, 0.717) is 18.1 Å². The normalized spacial score (nSPS) is 11.1. The second kappa shape index (κ2) is 9.54. The molecule has 0 atom stereocenters. The first-order chi connectivity index (χ1) is 14.3. The molecule has 0 aliphatic heterocycles. The van der Waals surface area contributed by atoms with Crippen LogP contribution in [0.5, 0.6) is 11.5 Å². The van der Waals surface area contributed by atoms with Gasteiger partial charge in [0.25, 0.3) is 5.91 Å². The summed E-state index contributed by atoms with van der Waals surface area (Å²) in [4.78, 5) is 12.5. The number of alkyl halides is 3. The monoisotopic (exact) mass is 435 g/mol. The quantitative estimate of drug-likeness (QED) is 0.458. The van der Waals surface area contributed by atoms with Gasteiger partial charge >= 0.3 is 6.18 Å². The van der Waals surface area contributed by atoms with Crippen molar-refractivity contribution >= 4 is 23.2 Å². The minimum absolute atomic E-state index is 0.00168. The lowest BCUT2D eigenvalue weighted by Crippen LogP contribution is -2.14. The Morgan fingerprint density at radius 3 is 2.23 bits per heavy atom. The lowest BCUT2D eigenvalue weighted by molar-refractivity contribution is -0.137. The van der Waals surface area contributed by atoms with Crippen molar-refractivity contribution in [2.24, 2.45) is 0 Å². The highest BCUT2D eigenvalue weighted by Crippen LogP contribution is 2.34. The van der Waals surface area contributed by atoms with Gasteiger partial charge in [-0.15, -0.1) is 0 Å². The summed E-state index contributed by atoms with van der Waals surface area (Å²) in [6, 6.07) is 18.2. The highest BCUT2D eigenvalue weighted by atomic mass is 35.5. The van der Waals surface area contributed by atoms with E-state index in [1.54, 1.807) is 12.1 Å². The first kappa shape index (κ1) is 21.5. The van der Waals surface area contributed by atoms with Crippen molar-refractivity contribution in [2.45, 2.75) is 6.18 Å². The van der Waals surface area contributed by atoms with Crippen molar-refractivity contribution in [1.82, 2.24) is 0 Å². The number of nitrogens with one attached hydrogen (secondary N) is 1. The van der Waals surface area contributed by atoms with Gasteiger partial charge in [0.2, 0.25) is 0 Å². The molecule has 3 aromatic rings. The van der Waals surface area contributed by atoms with Crippen LogP contribution >= 0.6 is 11.6 Å². The maximum absolute atomic E-state index is 12.9. The second-order valence-electron chi connectivity index (χ2n) is 6.18. The Bertz CT molecular complexity index is 1010. The number of anilines is 1. The Balaban J connectivity index is 1.61. The topological polar surface area (TPSA) is 47.6 Å². The van der Waals surface area contributed by atoms with Gasteiger partial charge in [-0.05, 0) is 48.5 Å². The summed E-state index contributed by atoms with van der Waals surface area (Å²) in [6.07, 6.45) is -4.54. The van der Waals surface area contributed by atoms with Crippen LogP contribution in [0.25, 0.3) is 0 Å². The van der Waals surface area contributed by atoms with Crippen molar-refractivity contribution < 1.29 is 27.4 Å². The van der Waals surface area contributed by atoms with Gasteiger partial charge in [0.05, 0.1) is 16.3 Å². The molecular formula is C22H17ClF3NO3. The van der Waals surface area contributed by atoms with Crippen molar-refractivity contribution in [3.8, 4) is 11.5 Å². The number of rotatable bonds is 7. The van der Waals surface area contributed by atoms with E-state index in [2.05, 4.69) is 5.32 Å². The molecule has 8 heteroatoms. The number of amides is 1. The summed E-state index contributed by atoms with van der Waals surface area (Å²) in [5.74, 6) is 0.531. The number of ether oxygens (including phenoxy) is 2. The fourth-order valence-corrected chi connectivity index (χ4v) is 2.72. The molecule has 0 saturated heterocycles. The summed E-state index contributed by atoms with van der Waals surface area (Å²) in [6.45, 7) is 0.555. The van der Waals surface area contributed by atoms with Crippen LogP contribution in [0.15, 0.2) is 72.8 Å². The predicted octanol–water partition coefficient (Wildman–Crippen LogP) is 6.07. The number of halogens is 4. The Kier molecular flexibility index (Phi) is 6.84. The molecular weight excluding hydrogens is 419 g/mol. The van der Waals surface area contributed by atoms with E-state index in [1.165, 1.54) is 12.1 Å². The van der Waals surface area contributed by atoms with Crippen LogP contribution in [0.3, 0.4) is 0 Å². The zero-order valence-corrected chi connectivity index (χ0v) is 16.3. The molecule has 4 nitrogen and oxygen atoms in total. The molecule has 0 radical (unpaired) electrons. The van der Waals surface area contributed by atoms with Gasteiger partial charge in [-0.3, -0.25) is 4.79 Å². The molecule has 0 heterocycles. The molecule has 0 unspecified atom stereocenters. The van der Waals surface area contributed by atoms with Crippen LogP contribution in [0.1, 0.15) is 15.9 Å². The second-order valence-corrected chi connectivity index (χ2v) is 6.59. The van der Waals surface area contributed by atoms with Gasteiger partial charge in [0.15, 0.2) is 0 Å². The third-order valence-corrected chi connectivity index (χ3v) is 4.33. The Hall–Kier alpha value is -3.19. The largest absolute Gasteiger partial charge is 0.490 e. The zero-order chi connectivity index (χ0) is 21.6. The predicted molar refractivity (Wildman–Crippen MR) is 108 cm³/mol. The van der Waals surface area contributed by atoms with Gasteiger partial charge in [0.1, 0.15) is 24.7 Å². The third-order valence-electron chi connectivity index (χ3n) is 4.00. The van der Waals surface area contributed by atoms with Gasteiger partial charge in [0, 0.05) is 5.56 Å². The van der Waals surface area contributed by atoms with Crippen molar-refractivity contribution in [1.29, 1.82) is 0 Å². The van der Waals surface area contributed by atoms with Crippen LogP contribution in [-0.4, -0.2) is 19.1 Å². The standard InChI is InChI=1S/C22H17ClF3NO3/c23-19-10-9-16(22(24,25)26)14-20(19)27-21(28)15-5-4-8-18(13-15)30-12-11-29-17-6-2-1-3-7-17/h1-10,13-14H,11-12H2,(H,27,28). The van der Waals surface area contributed by atoms with E-state index >= 15 is 0 Å². The number of para-hydroxylation sites is 1. The minimum Gasteiger partial charge on any atom is -0.490 e. The van der Waals surface area contributed by atoms with E-state index < -0.39 is 17.6 Å². The molecule has 0 fully saturated rings. The van der Waals surface area contributed by atoms with Crippen LogP contribution in [0.4, 0.5) is 18.9 Å². The number of hydrogen-bond acceptors (Lipinski definition) is 3. The number of carbonyl (C=O) groups is 1. The van der Waals surface area contributed by atoms with Crippen LogP contribution in [-0.2, 0) is 6.18 Å². The highest BCUT2D eigenvalue weighted by molar-refractivity contribution is 6.34. The maximum atomic E-state index is 12.9. The van der Waals surface area contributed by atoms with Crippen molar-refractivity contribution in [3.63, 3.8) is 0 Å². The van der Waals surface area contributed by atoms with Crippen LogP contribution < -0.4 is 14.8 Å². The first-order valence-electron chi connectivity index (χ1n) is 8.92. The fourth-order valence-electron chi connectivity index (χ4n) is 2.55. The lowest BCUT2D eigenvalue weighted by atomic mass is 10.1. The first-order valence-corrected chi connectivity index (χ1v) is 9.29. The molecule has 30 heavy (non-hydrogen) atoms. The van der Waals surface area contributed by atoms with Gasteiger partial charge < -0.3 is 14.8 Å². The number of benzene rings is 3. The van der Waals surface area contributed by atoms with Crippen molar-refractivity contribution in [2.75, 3.05) is 18.5 Å². The fraction of sp³-hybridized carbons (Fsp3) is 0.136. The van der Waals surface area contributed by atoms with E-state index in [9.17, 15) is 18.0 Å². The van der Waals surface area contributed by atoms with Crippen LogP contribution in [0, 0.1) is 0 Å². The van der Waals surface area contributed by atoms with E-state index in [0.717, 1.165) is 18.2 Å². The molecule has 0 aliphatic carbocycles. The van der Waals surface area contributed by atoms with E-state index in [-0.39, 0.29) is 22.9 Å². The van der Waals surface area contributed by atoms with E-state index in [4.69, 9.17) is 21.1 Å². The van der Waals surface area contributed by atoms with Gasteiger partial charge in [-0.1, -0.05) is 35.9 Å². The van der Waals surface area contributed by atoms with Gasteiger partial charge in [-0.25, -0.2) is 0 Å². The molecule has 156 valence electrons. The zero-order valence-electron chi connectivity index (χ0n) is 15.6. The smallest absolute Gasteiger partial charge is 0.416 e. The average Bonchev–Trinajstić information content (AvgIpc) is 2.73. The average molecular weight is 436 g/mol. The van der Waals surface area contributed by atoms with E-state index in [1.807, 2.05) is 30.3 Å². The van der Waals surface area contributed by atoms with Gasteiger partial charge in [-0.2, -0.15) is 13.2 Å². The summed E-state index contributed by atoms with van der Waals surface area (Å²) in [7, 11) is 0. The molecule has 0 saturated carbocycles. The number of carbonyl (C=O) groups excluding carboxylic acids is 1. The Morgan fingerprint density at radius 1 is 0.867 bits per heavy atom. The molecule has 1 N–H and O–H groups in total. The SMILES string of the molecule is O=C(Nc1cc(C(F)(F)F)ccc1Cl)c1cccc(OCCOc2ccccc2)c1. The molecule has 0 aromatic heterocycles. The molecule has 0 bridgehead atoms. The molecule has 3 aromatic carbocycles. The summed E-state index contributed by atoms with van der Waals surface area (Å²) in [5, 5.41) is 2.41. The van der Waals surface area contributed by atoms with Crippen molar-refractivity contribution in [3.05, 3.63) is 88.9 Å². The summed E-state index contributed by atoms with van der Waals surface area (Å²) in [5.41, 5.74) is -0.818. The highest BCUT2D eigenvalue weighted by Gasteiger charge is 2.31. The molecule has 1 amide bonds. The van der Waals surface area contributed by atoms with Crippen LogP contribution in [0.2, 0.25) is 5.02 Å². The Labute approximate surface area is 176 Å². The lowest BCUT2D eigenvalue weighted by Gasteiger charge is -2.12. The Morgan fingerprint density at radius 2 is 1.53 bits per heavy atom. The third kappa shape index (κ3) is 5.90. The summed E-state index contributed by atoms with van der Waals surface area (Å²) >= 11 is 5.92. The molecule has 3 rings (SSSR count).